The van der Waals surface area contributed by atoms with Gasteiger partial charge in [-0.05, 0) is 30.7 Å². The van der Waals surface area contributed by atoms with Gasteiger partial charge in [-0.1, -0.05) is 35.9 Å². The number of carbonyl (C=O) groups is 1. The third-order valence-corrected chi connectivity index (χ3v) is 3.16. The minimum atomic E-state index is -0.108. The predicted molar refractivity (Wildman–Crippen MR) is 77.2 cm³/mol. The van der Waals surface area contributed by atoms with E-state index in [2.05, 4.69) is 0 Å². The first-order valence-electron chi connectivity index (χ1n) is 6.03. The molecule has 2 rings (SSSR count). The van der Waals surface area contributed by atoms with Crippen LogP contribution in [-0.4, -0.2) is 12.4 Å². The Labute approximate surface area is 122 Å². The first-order valence-corrected chi connectivity index (χ1v) is 6.41. The van der Waals surface area contributed by atoms with Crippen LogP contribution in [0.15, 0.2) is 42.5 Å². The molecule has 0 radical (unpaired) electrons. The number of carbonyl (C=O) groups excluding carboxylic acids is 1. The number of rotatable bonds is 4. The summed E-state index contributed by atoms with van der Waals surface area (Å²) >= 11 is 5.98. The first kappa shape index (κ1) is 14.1. The second-order valence-corrected chi connectivity index (χ2v) is 4.69. The number of Topliss-reactive ketones (excluding diaryl/α,β-unsaturated/α-hetero) is 1. The summed E-state index contributed by atoms with van der Waals surface area (Å²) in [6.07, 6.45) is 0. The monoisotopic (exact) mass is 285 g/mol. The molecule has 0 N–H and O–H groups in total. The van der Waals surface area contributed by atoms with Gasteiger partial charge in [0.25, 0.3) is 0 Å². The highest BCUT2D eigenvalue weighted by Crippen LogP contribution is 2.25. The Morgan fingerprint density at radius 1 is 1.30 bits per heavy atom. The van der Waals surface area contributed by atoms with Gasteiger partial charge in [-0.2, -0.15) is 5.26 Å². The SMILES string of the molecule is Cc1ccccc1C(=O)COc1ccc(C#N)cc1Cl. The van der Waals surface area contributed by atoms with Gasteiger partial charge in [-0.25, -0.2) is 0 Å². The molecule has 2 aromatic rings. The van der Waals surface area contributed by atoms with E-state index in [4.69, 9.17) is 21.6 Å². The predicted octanol–water partition coefficient (Wildman–Crippen LogP) is 3.78. The van der Waals surface area contributed by atoms with Crippen molar-refractivity contribution in [3.05, 3.63) is 64.2 Å². The average molecular weight is 286 g/mol. The molecule has 0 spiro atoms. The van der Waals surface area contributed by atoms with E-state index in [-0.39, 0.29) is 12.4 Å². The van der Waals surface area contributed by atoms with Gasteiger partial charge in [-0.15, -0.1) is 0 Å². The van der Waals surface area contributed by atoms with Gasteiger partial charge in [-0.3, -0.25) is 4.79 Å². The molecule has 0 aromatic heterocycles. The zero-order valence-electron chi connectivity index (χ0n) is 10.9. The van der Waals surface area contributed by atoms with Crippen molar-refractivity contribution in [2.45, 2.75) is 6.92 Å². The molecular formula is C16H12ClNO2. The smallest absolute Gasteiger partial charge is 0.200 e. The van der Waals surface area contributed by atoms with Crippen molar-refractivity contribution in [1.82, 2.24) is 0 Å². The molecule has 0 saturated carbocycles. The number of benzene rings is 2. The third kappa shape index (κ3) is 3.17. The molecule has 0 aliphatic rings. The van der Waals surface area contributed by atoms with E-state index in [1.165, 1.54) is 6.07 Å². The van der Waals surface area contributed by atoms with Crippen LogP contribution < -0.4 is 4.74 Å². The summed E-state index contributed by atoms with van der Waals surface area (Å²) in [5.41, 5.74) is 2.00. The van der Waals surface area contributed by atoms with Crippen molar-refractivity contribution in [3.8, 4) is 11.8 Å². The van der Waals surface area contributed by atoms with Gasteiger partial charge in [0.2, 0.25) is 0 Å². The molecule has 0 aliphatic heterocycles. The lowest BCUT2D eigenvalue weighted by Gasteiger charge is -2.08. The number of halogens is 1. The first-order chi connectivity index (χ1) is 9.61. The number of nitriles is 1. The van der Waals surface area contributed by atoms with Crippen LogP contribution in [0.3, 0.4) is 0 Å². The van der Waals surface area contributed by atoms with Crippen LogP contribution in [0, 0.1) is 18.3 Å². The van der Waals surface area contributed by atoms with Crippen molar-refractivity contribution in [3.63, 3.8) is 0 Å². The van der Waals surface area contributed by atoms with Crippen molar-refractivity contribution in [1.29, 1.82) is 5.26 Å². The van der Waals surface area contributed by atoms with Crippen LogP contribution in [0.25, 0.3) is 0 Å². The number of aryl methyl sites for hydroxylation is 1. The summed E-state index contributed by atoms with van der Waals surface area (Å²) in [7, 11) is 0. The Hall–Kier alpha value is -2.31. The van der Waals surface area contributed by atoms with Crippen molar-refractivity contribution < 1.29 is 9.53 Å². The van der Waals surface area contributed by atoms with Crippen LogP contribution >= 0.6 is 11.6 Å². The highest BCUT2D eigenvalue weighted by Gasteiger charge is 2.10. The van der Waals surface area contributed by atoms with Gasteiger partial charge in [0.15, 0.2) is 12.4 Å². The molecule has 0 atom stereocenters. The van der Waals surface area contributed by atoms with Gasteiger partial charge in [0, 0.05) is 5.56 Å². The highest BCUT2D eigenvalue weighted by atomic mass is 35.5. The maximum atomic E-state index is 12.1. The lowest BCUT2D eigenvalue weighted by Crippen LogP contribution is -2.13. The fourth-order valence-corrected chi connectivity index (χ4v) is 2.03. The van der Waals surface area contributed by atoms with Crippen molar-refractivity contribution in [2.24, 2.45) is 0 Å². The van der Waals surface area contributed by atoms with Crippen LogP contribution in [0.1, 0.15) is 21.5 Å². The minimum absolute atomic E-state index is 0.0868. The van der Waals surface area contributed by atoms with E-state index >= 15 is 0 Å². The largest absolute Gasteiger partial charge is 0.484 e. The molecule has 0 heterocycles. The molecule has 2 aromatic carbocycles. The van der Waals surface area contributed by atoms with E-state index in [0.717, 1.165) is 5.56 Å². The normalized spacial score (nSPS) is 9.85. The Balaban J connectivity index is 2.08. The van der Waals surface area contributed by atoms with Gasteiger partial charge in [0.05, 0.1) is 16.7 Å². The van der Waals surface area contributed by atoms with Gasteiger partial charge < -0.3 is 4.74 Å². The molecule has 0 unspecified atom stereocenters. The second-order valence-electron chi connectivity index (χ2n) is 4.28. The average Bonchev–Trinajstić information content (AvgIpc) is 2.46. The Morgan fingerprint density at radius 2 is 2.05 bits per heavy atom. The maximum Gasteiger partial charge on any atom is 0.200 e. The standard InChI is InChI=1S/C16H12ClNO2/c1-11-4-2-3-5-13(11)15(19)10-20-16-7-6-12(9-18)8-14(16)17/h2-8H,10H2,1H3. The topological polar surface area (TPSA) is 50.1 Å². The zero-order valence-corrected chi connectivity index (χ0v) is 11.6. The highest BCUT2D eigenvalue weighted by molar-refractivity contribution is 6.32. The Morgan fingerprint density at radius 3 is 2.70 bits per heavy atom. The molecule has 0 saturated heterocycles. The van der Waals surface area contributed by atoms with Crippen LogP contribution in [0.4, 0.5) is 0 Å². The van der Waals surface area contributed by atoms with Crippen molar-refractivity contribution in [2.75, 3.05) is 6.61 Å². The summed E-state index contributed by atoms with van der Waals surface area (Å²) in [4.78, 5) is 12.1. The third-order valence-electron chi connectivity index (χ3n) is 2.87. The second kappa shape index (κ2) is 6.23. The quantitative estimate of drug-likeness (QED) is 0.803. The number of nitrogens with zero attached hydrogens (tertiary/aromatic N) is 1. The van der Waals surface area contributed by atoms with Crippen LogP contribution in [-0.2, 0) is 0 Å². The molecular weight excluding hydrogens is 274 g/mol. The van der Waals surface area contributed by atoms with Crippen LogP contribution in [0.2, 0.25) is 5.02 Å². The van der Waals surface area contributed by atoms with Gasteiger partial charge >= 0.3 is 0 Å². The molecule has 0 amide bonds. The number of ether oxygens (including phenoxy) is 1. The summed E-state index contributed by atoms with van der Waals surface area (Å²) in [6, 6.07) is 14.0. The molecule has 0 aliphatic carbocycles. The van der Waals surface area contributed by atoms with E-state index in [1.54, 1.807) is 18.2 Å². The summed E-state index contributed by atoms with van der Waals surface area (Å²) in [5.74, 6) is 0.288. The summed E-state index contributed by atoms with van der Waals surface area (Å²) < 4.78 is 5.42. The van der Waals surface area contributed by atoms with E-state index < -0.39 is 0 Å². The molecule has 3 nitrogen and oxygen atoms in total. The lowest BCUT2D eigenvalue weighted by atomic mass is 10.1. The fraction of sp³-hybridized carbons (Fsp3) is 0.125. The van der Waals surface area contributed by atoms with Crippen LogP contribution in [0.5, 0.6) is 5.75 Å². The molecule has 0 fully saturated rings. The molecule has 100 valence electrons. The minimum Gasteiger partial charge on any atom is -0.484 e. The van der Waals surface area contributed by atoms with Crippen molar-refractivity contribution >= 4 is 17.4 Å². The van der Waals surface area contributed by atoms with E-state index in [0.29, 0.717) is 21.9 Å². The number of hydrogen-bond acceptors (Lipinski definition) is 3. The van der Waals surface area contributed by atoms with E-state index in [9.17, 15) is 4.79 Å². The maximum absolute atomic E-state index is 12.1. The summed E-state index contributed by atoms with van der Waals surface area (Å²) in [6.45, 7) is 1.79. The molecule has 20 heavy (non-hydrogen) atoms. The summed E-state index contributed by atoms with van der Waals surface area (Å²) in [5, 5.41) is 9.07. The molecule has 4 heteroatoms. The fourth-order valence-electron chi connectivity index (χ4n) is 1.79. The Bertz CT molecular complexity index is 689. The Kier molecular flexibility index (Phi) is 4.39. The van der Waals surface area contributed by atoms with E-state index in [1.807, 2.05) is 31.2 Å². The molecule has 0 bridgehead atoms. The number of hydrogen-bond donors (Lipinski definition) is 0. The zero-order chi connectivity index (χ0) is 14.5. The van der Waals surface area contributed by atoms with Gasteiger partial charge in [0.1, 0.15) is 5.75 Å². The lowest BCUT2D eigenvalue weighted by molar-refractivity contribution is 0.0921. The number of ketones is 1.